The number of carbonyl (C=O) groups is 6. The van der Waals surface area contributed by atoms with Crippen molar-refractivity contribution in [2.24, 2.45) is 29.6 Å². The topological polar surface area (TPSA) is 261 Å². The first kappa shape index (κ1) is 72.9. The Balaban J connectivity index is -0.0000000487. The van der Waals surface area contributed by atoms with Crippen molar-refractivity contribution in [3.05, 3.63) is 12.2 Å². The lowest BCUT2D eigenvalue weighted by atomic mass is 10.1. The van der Waals surface area contributed by atoms with Crippen molar-refractivity contribution in [3.8, 4) is 0 Å². The maximum atomic E-state index is 10.7. The van der Waals surface area contributed by atoms with Crippen molar-refractivity contribution in [1.82, 2.24) is 0 Å². The first-order valence-electron chi connectivity index (χ1n) is 16.2. The van der Waals surface area contributed by atoms with Gasteiger partial charge in [0.2, 0.25) is 0 Å². The summed E-state index contributed by atoms with van der Waals surface area (Å²) in [5.74, 6) is -0.698. The van der Waals surface area contributed by atoms with Crippen molar-refractivity contribution >= 4 is 35.4 Å². The molecule has 0 aromatic rings. The van der Waals surface area contributed by atoms with E-state index in [0.717, 1.165) is 25.6 Å². The number of carbonyl (C=O) groups excluding carboxylic acids is 6. The number of Topliss-reactive ketones (excluding diaryl/α,β-unsaturated/α-hetero) is 2. The van der Waals surface area contributed by atoms with Crippen LogP contribution >= 0.6 is 0 Å². The maximum Gasteiger partial charge on any atom is 1.00 e. The SMILES string of the molecule is C.C.C.C.C.C=C(CC(=O)CO)C(=O)OC.CC(CO)CCO.CC1CCOC1.CC1CCOC1=O.CC1COC(=O)C1.COC(=O)C(C)CC(=O)CO.O.[H+].[HH]. The molecule has 55 heavy (non-hydrogen) atoms. The number of cyclic esters (lactones) is 2. The molecular formula is C39H85O16+. The molecule has 3 aliphatic rings. The summed E-state index contributed by atoms with van der Waals surface area (Å²) >= 11 is 0. The molecule has 0 radical (unpaired) electrons. The van der Waals surface area contributed by atoms with E-state index in [1.807, 2.05) is 20.8 Å². The third-order valence-electron chi connectivity index (χ3n) is 6.71. The lowest BCUT2D eigenvalue weighted by Crippen LogP contribution is -2.18. The highest BCUT2D eigenvalue weighted by molar-refractivity contribution is 5.95. The summed E-state index contributed by atoms with van der Waals surface area (Å²) in [6.07, 6.45) is 3.38. The Hall–Kier alpha value is -3.28. The van der Waals surface area contributed by atoms with Gasteiger partial charge in [0.05, 0.1) is 45.7 Å². The van der Waals surface area contributed by atoms with E-state index in [0.29, 0.717) is 32.0 Å². The molecular weight excluding hydrogens is 724 g/mol. The van der Waals surface area contributed by atoms with Crippen molar-refractivity contribution < 1.29 is 81.2 Å². The van der Waals surface area contributed by atoms with E-state index in [4.69, 9.17) is 25.2 Å². The summed E-state index contributed by atoms with van der Waals surface area (Å²) in [7, 11) is 2.47. The van der Waals surface area contributed by atoms with Gasteiger partial charge in [-0.25, -0.2) is 4.79 Å². The van der Waals surface area contributed by atoms with Gasteiger partial charge in [-0.05, 0) is 31.1 Å². The lowest BCUT2D eigenvalue weighted by molar-refractivity contribution is -0.146. The molecule has 0 amide bonds. The Morgan fingerprint density at radius 2 is 1.38 bits per heavy atom. The molecule has 3 rings (SSSR count). The summed E-state index contributed by atoms with van der Waals surface area (Å²) in [5, 5.41) is 33.2. The molecule has 0 saturated carbocycles. The molecule has 0 bridgehead atoms. The molecule has 0 aliphatic carbocycles. The normalized spacial score (nSPS) is 17.5. The van der Waals surface area contributed by atoms with Crippen LogP contribution in [0.15, 0.2) is 12.2 Å². The van der Waals surface area contributed by atoms with Crippen LogP contribution in [0.2, 0.25) is 0 Å². The Kier molecular flexibility index (Phi) is 62.1. The predicted octanol–water partition coefficient (Wildman–Crippen LogP) is 4.31. The molecule has 5 atom stereocenters. The summed E-state index contributed by atoms with van der Waals surface area (Å²) in [6.45, 7) is 15.4. The molecule has 3 heterocycles. The average Bonchev–Trinajstić information content (AvgIpc) is 3.83. The summed E-state index contributed by atoms with van der Waals surface area (Å²) in [6, 6.07) is 0. The fourth-order valence-corrected chi connectivity index (χ4v) is 3.40. The van der Waals surface area contributed by atoms with Gasteiger partial charge >= 0.3 is 25.3 Å². The summed E-state index contributed by atoms with van der Waals surface area (Å²) < 4.78 is 23.0. The summed E-state index contributed by atoms with van der Waals surface area (Å²) in [4.78, 5) is 63.0. The quantitative estimate of drug-likeness (QED) is 0.129. The molecule has 16 nitrogen and oxygen atoms in total. The maximum absolute atomic E-state index is 10.7. The van der Waals surface area contributed by atoms with E-state index in [1.54, 1.807) is 6.92 Å². The number of hydrogen-bond acceptors (Lipinski definition) is 15. The Bertz CT molecular complexity index is 976. The number of rotatable bonds is 11. The molecule has 0 spiro atoms. The monoisotopic (exact) mass is 810 g/mol. The number of esters is 4. The largest absolute Gasteiger partial charge is 1.00 e. The minimum Gasteiger partial charge on any atom is -0.469 e. The zero-order chi connectivity index (χ0) is 38.4. The minimum absolute atomic E-state index is 0. The third-order valence-corrected chi connectivity index (χ3v) is 6.71. The zero-order valence-electron chi connectivity index (χ0n) is 31.8. The fraction of sp³-hybridized carbons (Fsp3) is 0.795. The number of methoxy groups -OCH3 is 2. The van der Waals surface area contributed by atoms with Gasteiger partial charge in [0.25, 0.3) is 0 Å². The van der Waals surface area contributed by atoms with E-state index in [9.17, 15) is 28.8 Å². The highest BCUT2D eigenvalue weighted by atomic mass is 16.5. The van der Waals surface area contributed by atoms with E-state index < -0.39 is 36.9 Å². The van der Waals surface area contributed by atoms with Crippen LogP contribution in [-0.2, 0) is 52.5 Å². The van der Waals surface area contributed by atoms with Gasteiger partial charge < -0.3 is 49.6 Å². The zero-order valence-corrected chi connectivity index (χ0v) is 30.8. The van der Waals surface area contributed by atoms with E-state index >= 15 is 0 Å². The van der Waals surface area contributed by atoms with E-state index in [1.165, 1.54) is 20.6 Å². The Morgan fingerprint density at radius 1 is 0.836 bits per heavy atom. The molecule has 3 saturated heterocycles. The smallest absolute Gasteiger partial charge is 0.469 e. The third kappa shape index (κ3) is 45.0. The van der Waals surface area contributed by atoms with Gasteiger partial charge in [-0.1, -0.05) is 78.3 Å². The number of ether oxygens (including phenoxy) is 5. The number of ketones is 2. The molecule has 0 aromatic heterocycles. The van der Waals surface area contributed by atoms with Crippen molar-refractivity contribution in [3.63, 3.8) is 0 Å². The first-order chi connectivity index (χ1) is 23.0. The van der Waals surface area contributed by atoms with Crippen LogP contribution in [0.3, 0.4) is 0 Å². The van der Waals surface area contributed by atoms with Crippen LogP contribution in [-0.4, -0.2) is 128 Å². The number of aliphatic hydroxyl groups excluding tert-OH is 4. The van der Waals surface area contributed by atoms with E-state index in [-0.39, 0.29) is 107 Å². The predicted molar refractivity (Wildman–Crippen MR) is 218 cm³/mol. The first-order valence-corrected chi connectivity index (χ1v) is 16.2. The van der Waals surface area contributed by atoms with Crippen LogP contribution < -0.4 is 0 Å². The molecule has 6 N–H and O–H groups in total. The second-order valence-corrected chi connectivity index (χ2v) is 11.9. The van der Waals surface area contributed by atoms with Crippen molar-refractivity contribution in [2.75, 3.05) is 67.1 Å². The number of aliphatic hydroxyl groups is 4. The minimum atomic E-state index is -0.619. The second kappa shape index (κ2) is 46.9. The second-order valence-electron chi connectivity index (χ2n) is 11.9. The standard InChI is InChI=1S/C7H12O4.C7H10O4.2C5H8O2.C5H12O2.C5H10O.5CH4.H2O.H2/c2*1-5(7(10)11-2)3-6(9)4-8;1-4-2-5(6)7-3-4;1-4-2-3-7-5(4)6;1-5(4-7)2-3-6;1-5-2-3-6-4-5;;;;;;;/h5,8H,3-4H2,1-2H3;8H,1,3-4H2,2H3;2*4H,2-3H2,1H3;5-7H,2-4H2,1H3;5H,2-4H2,1H3;5*1H4;1H2;1H/p+1. The van der Waals surface area contributed by atoms with Gasteiger partial charge in [-0.3, -0.25) is 24.0 Å². The Morgan fingerprint density at radius 3 is 1.60 bits per heavy atom. The molecule has 5 unspecified atom stereocenters. The molecule has 0 aromatic carbocycles. The summed E-state index contributed by atoms with van der Waals surface area (Å²) in [5.41, 5.74) is 0.0616. The molecule has 3 fully saturated rings. The number of hydrogen-bond donors (Lipinski definition) is 4. The van der Waals surface area contributed by atoms with Crippen LogP contribution in [0, 0.1) is 29.6 Å². The van der Waals surface area contributed by atoms with Crippen LogP contribution in [0.5, 0.6) is 0 Å². The highest BCUT2D eigenvalue weighted by Crippen LogP contribution is 2.12. The fourth-order valence-electron chi connectivity index (χ4n) is 3.40. The van der Waals surface area contributed by atoms with E-state index in [2.05, 4.69) is 32.5 Å². The lowest BCUT2D eigenvalue weighted by Gasteiger charge is -2.05. The van der Waals surface area contributed by atoms with Crippen LogP contribution in [0.25, 0.3) is 0 Å². The van der Waals surface area contributed by atoms with Gasteiger partial charge in [0.15, 0.2) is 11.6 Å². The Labute approximate surface area is 335 Å². The highest BCUT2D eigenvalue weighted by Gasteiger charge is 2.20. The molecule has 16 heteroatoms. The van der Waals surface area contributed by atoms with Crippen molar-refractivity contribution in [2.45, 2.75) is 110 Å². The van der Waals surface area contributed by atoms with Gasteiger partial charge in [-0.2, -0.15) is 0 Å². The van der Waals surface area contributed by atoms with Gasteiger partial charge in [0.1, 0.15) is 13.2 Å². The average molecular weight is 810 g/mol. The molecule has 336 valence electrons. The van der Waals surface area contributed by atoms with Crippen molar-refractivity contribution in [1.29, 1.82) is 0 Å². The van der Waals surface area contributed by atoms with Gasteiger partial charge in [-0.15, -0.1) is 0 Å². The van der Waals surface area contributed by atoms with Crippen LogP contribution in [0.4, 0.5) is 0 Å². The van der Waals surface area contributed by atoms with Gasteiger partial charge in [0, 0.05) is 52.2 Å². The molecule has 3 aliphatic heterocycles. The van der Waals surface area contributed by atoms with Crippen LogP contribution in [0.1, 0.15) is 113 Å².